The lowest BCUT2D eigenvalue weighted by Crippen LogP contribution is -2.43. The molecule has 25 heavy (non-hydrogen) atoms. The van der Waals surface area contributed by atoms with Crippen LogP contribution in [0.3, 0.4) is 0 Å². The molecule has 3 rings (SSSR count). The number of hydrogen-bond donors (Lipinski definition) is 1. The maximum absolute atomic E-state index is 12.7. The van der Waals surface area contributed by atoms with Gasteiger partial charge in [0.15, 0.2) is 0 Å². The Hall–Kier alpha value is -1.09. The Balaban J connectivity index is 1.59. The van der Waals surface area contributed by atoms with E-state index in [-0.39, 0.29) is 11.9 Å². The lowest BCUT2D eigenvalue weighted by molar-refractivity contribution is -0.131. The van der Waals surface area contributed by atoms with Crippen LogP contribution < -0.4 is 5.32 Å². The SMILES string of the molecule is O=C(CC1CSCCN1)N1CCCN(S(=O)(=O)c2ccccc2)CC1. The average Bonchev–Trinajstić information content (AvgIpc) is 2.90. The van der Waals surface area contributed by atoms with Gasteiger partial charge in [0.1, 0.15) is 0 Å². The van der Waals surface area contributed by atoms with E-state index in [1.165, 1.54) is 4.31 Å². The van der Waals surface area contributed by atoms with Gasteiger partial charge >= 0.3 is 0 Å². The van der Waals surface area contributed by atoms with Crippen molar-refractivity contribution < 1.29 is 13.2 Å². The largest absolute Gasteiger partial charge is 0.341 e. The molecule has 1 atom stereocenters. The van der Waals surface area contributed by atoms with E-state index in [1.54, 1.807) is 30.3 Å². The van der Waals surface area contributed by atoms with Gasteiger partial charge in [-0.2, -0.15) is 16.1 Å². The minimum Gasteiger partial charge on any atom is -0.341 e. The highest BCUT2D eigenvalue weighted by molar-refractivity contribution is 7.99. The number of carbonyl (C=O) groups is 1. The summed E-state index contributed by atoms with van der Waals surface area (Å²) in [4.78, 5) is 14.7. The average molecular weight is 384 g/mol. The molecule has 2 aliphatic rings. The smallest absolute Gasteiger partial charge is 0.243 e. The van der Waals surface area contributed by atoms with Gasteiger partial charge in [0.05, 0.1) is 4.90 Å². The molecule has 0 aliphatic carbocycles. The van der Waals surface area contributed by atoms with Gasteiger partial charge in [0, 0.05) is 56.7 Å². The Bertz CT molecular complexity index is 676. The molecule has 0 saturated carbocycles. The Labute approximate surface area is 154 Å². The summed E-state index contributed by atoms with van der Waals surface area (Å²) >= 11 is 1.88. The molecule has 138 valence electrons. The van der Waals surface area contributed by atoms with Gasteiger partial charge in [0.25, 0.3) is 0 Å². The quantitative estimate of drug-likeness (QED) is 0.840. The van der Waals surface area contributed by atoms with Crippen molar-refractivity contribution in [3.8, 4) is 0 Å². The van der Waals surface area contributed by atoms with Gasteiger partial charge in [0.2, 0.25) is 15.9 Å². The van der Waals surface area contributed by atoms with Crippen LogP contribution >= 0.6 is 11.8 Å². The highest BCUT2D eigenvalue weighted by atomic mass is 32.2. The van der Waals surface area contributed by atoms with Crippen LogP contribution in [0.1, 0.15) is 12.8 Å². The molecule has 0 radical (unpaired) electrons. The second kappa shape index (κ2) is 8.53. The number of hydrogen-bond acceptors (Lipinski definition) is 5. The van der Waals surface area contributed by atoms with E-state index in [1.807, 2.05) is 16.7 Å². The zero-order chi connectivity index (χ0) is 17.7. The Morgan fingerprint density at radius 1 is 1.16 bits per heavy atom. The first-order valence-corrected chi connectivity index (χ1v) is 11.3. The minimum absolute atomic E-state index is 0.124. The lowest BCUT2D eigenvalue weighted by Gasteiger charge is -2.26. The fourth-order valence-electron chi connectivity index (χ4n) is 3.22. The van der Waals surface area contributed by atoms with Crippen molar-refractivity contribution >= 4 is 27.7 Å². The third-order valence-electron chi connectivity index (χ3n) is 4.61. The molecule has 0 aromatic heterocycles. The maximum Gasteiger partial charge on any atom is 0.243 e. The molecule has 2 aliphatic heterocycles. The molecule has 1 aromatic rings. The summed E-state index contributed by atoms with van der Waals surface area (Å²) in [5.41, 5.74) is 0. The number of nitrogens with one attached hydrogen (secondary N) is 1. The second-order valence-corrected chi connectivity index (χ2v) is 9.47. The molecule has 0 spiro atoms. The normalized spacial score (nSPS) is 23.2. The molecule has 2 heterocycles. The molecule has 0 bridgehead atoms. The van der Waals surface area contributed by atoms with Crippen LogP contribution in [0.15, 0.2) is 35.2 Å². The van der Waals surface area contributed by atoms with Crippen molar-refractivity contribution in [1.82, 2.24) is 14.5 Å². The van der Waals surface area contributed by atoms with Crippen molar-refractivity contribution in [1.29, 1.82) is 0 Å². The van der Waals surface area contributed by atoms with Gasteiger partial charge in [-0.25, -0.2) is 8.42 Å². The van der Waals surface area contributed by atoms with Crippen molar-refractivity contribution in [2.24, 2.45) is 0 Å². The summed E-state index contributed by atoms with van der Waals surface area (Å²) in [5.74, 6) is 2.19. The molecular weight excluding hydrogens is 358 g/mol. The van der Waals surface area contributed by atoms with E-state index in [9.17, 15) is 13.2 Å². The molecule has 1 aromatic carbocycles. The van der Waals surface area contributed by atoms with Gasteiger partial charge in [-0.1, -0.05) is 18.2 Å². The van der Waals surface area contributed by atoms with E-state index in [0.29, 0.717) is 43.9 Å². The van der Waals surface area contributed by atoms with Crippen LogP contribution in [0, 0.1) is 0 Å². The van der Waals surface area contributed by atoms with Crippen molar-refractivity contribution in [2.75, 3.05) is 44.2 Å². The molecule has 2 saturated heterocycles. The number of rotatable bonds is 4. The van der Waals surface area contributed by atoms with Crippen LogP contribution in [-0.2, 0) is 14.8 Å². The number of benzene rings is 1. The van der Waals surface area contributed by atoms with Crippen LogP contribution in [0.4, 0.5) is 0 Å². The van der Waals surface area contributed by atoms with Gasteiger partial charge in [-0.15, -0.1) is 0 Å². The van der Waals surface area contributed by atoms with Gasteiger partial charge in [-0.3, -0.25) is 4.79 Å². The first-order valence-electron chi connectivity index (χ1n) is 8.71. The predicted octanol–water partition coefficient (Wildman–Crippen LogP) is 1.00. The Kier molecular flexibility index (Phi) is 6.38. The number of carbonyl (C=O) groups excluding carboxylic acids is 1. The fraction of sp³-hybridized carbons (Fsp3) is 0.588. The van der Waals surface area contributed by atoms with E-state index in [4.69, 9.17) is 0 Å². The molecule has 1 N–H and O–H groups in total. The highest BCUT2D eigenvalue weighted by Crippen LogP contribution is 2.18. The minimum atomic E-state index is -3.48. The predicted molar refractivity (Wildman–Crippen MR) is 100 cm³/mol. The summed E-state index contributed by atoms with van der Waals surface area (Å²) in [6.45, 7) is 2.85. The molecule has 8 heteroatoms. The highest BCUT2D eigenvalue weighted by Gasteiger charge is 2.29. The Morgan fingerprint density at radius 2 is 1.96 bits per heavy atom. The third kappa shape index (κ3) is 4.75. The lowest BCUT2D eigenvalue weighted by atomic mass is 10.2. The standard InChI is InChI=1S/C17H25N3O3S2/c21-17(13-15-14-24-12-7-18-15)19-8-4-9-20(11-10-19)25(22,23)16-5-2-1-3-6-16/h1-3,5-6,15,18H,4,7-14H2. The molecule has 2 fully saturated rings. The number of amides is 1. The topological polar surface area (TPSA) is 69.7 Å². The van der Waals surface area contributed by atoms with Crippen molar-refractivity contribution in [3.05, 3.63) is 30.3 Å². The molecule has 1 unspecified atom stereocenters. The number of sulfonamides is 1. The van der Waals surface area contributed by atoms with Gasteiger partial charge < -0.3 is 10.2 Å². The zero-order valence-corrected chi connectivity index (χ0v) is 15.9. The van der Waals surface area contributed by atoms with Gasteiger partial charge in [-0.05, 0) is 18.6 Å². The first kappa shape index (κ1) is 18.7. The molecule has 1 amide bonds. The summed E-state index contributed by atoms with van der Waals surface area (Å²) in [6.07, 6.45) is 1.17. The summed E-state index contributed by atoms with van der Waals surface area (Å²) < 4.78 is 27.0. The van der Waals surface area contributed by atoms with Crippen LogP contribution in [0.5, 0.6) is 0 Å². The number of nitrogens with zero attached hydrogens (tertiary/aromatic N) is 2. The van der Waals surface area contributed by atoms with E-state index in [2.05, 4.69) is 5.32 Å². The summed E-state index contributed by atoms with van der Waals surface area (Å²) in [5, 5.41) is 3.38. The monoisotopic (exact) mass is 383 g/mol. The fourth-order valence-corrected chi connectivity index (χ4v) is 5.66. The van der Waals surface area contributed by atoms with Crippen LogP contribution in [0.2, 0.25) is 0 Å². The summed E-state index contributed by atoms with van der Waals surface area (Å²) in [7, 11) is -3.48. The maximum atomic E-state index is 12.7. The molecular formula is C17H25N3O3S2. The summed E-state index contributed by atoms with van der Waals surface area (Å²) in [6, 6.07) is 8.74. The molecule has 6 nitrogen and oxygen atoms in total. The van der Waals surface area contributed by atoms with E-state index < -0.39 is 10.0 Å². The van der Waals surface area contributed by atoms with E-state index >= 15 is 0 Å². The van der Waals surface area contributed by atoms with Crippen LogP contribution in [0.25, 0.3) is 0 Å². The third-order valence-corrected chi connectivity index (χ3v) is 7.65. The first-order chi connectivity index (χ1) is 12.1. The zero-order valence-electron chi connectivity index (χ0n) is 14.3. The second-order valence-electron chi connectivity index (χ2n) is 6.38. The van der Waals surface area contributed by atoms with Crippen molar-refractivity contribution in [2.45, 2.75) is 23.8 Å². The number of thioether (sulfide) groups is 1. The van der Waals surface area contributed by atoms with E-state index in [0.717, 1.165) is 18.1 Å². The van der Waals surface area contributed by atoms with Crippen LogP contribution in [-0.4, -0.2) is 73.8 Å². The van der Waals surface area contributed by atoms with Crippen molar-refractivity contribution in [3.63, 3.8) is 0 Å². The Morgan fingerprint density at radius 3 is 2.68 bits per heavy atom.